The van der Waals surface area contributed by atoms with Gasteiger partial charge in [-0.15, -0.1) is 0 Å². The van der Waals surface area contributed by atoms with Gasteiger partial charge in [0.15, 0.2) is 0 Å². The monoisotopic (exact) mass is 293 g/mol. The summed E-state index contributed by atoms with van der Waals surface area (Å²) in [6, 6.07) is 0.337. The lowest BCUT2D eigenvalue weighted by molar-refractivity contribution is -0.143. The van der Waals surface area contributed by atoms with Crippen molar-refractivity contribution in [2.75, 3.05) is 20.3 Å². The lowest BCUT2D eigenvalue weighted by Gasteiger charge is -2.22. The van der Waals surface area contributed by atoms with Crippen molar-refractivity contribution in [2.45, 2.75) is 44.6 Å². The molecule has 1 N–H and O–H groups in total. The van der Waals surface area contributed by atoms with Gasteiger partial charge in [-0.1, -0.05) is 12.8 Å². The van der Waals surface area contributed by atoms with Gasteiger partial charge in [0.25, 0.3) is 0 Å². The Morgan fingerprint density at radius 1 is 1.14 bits per heavy atom. The molecule has 3 amide bonds. The summed E-state index contributed by atoms with van der Waals surface area (Å²) in [5.41, 5.74) is 0. The molecule has 6 heteroatoms. The van der Waals surface area contributed by atoms with E-state index in [2.05, 4.69) is 5.32 Å². The molecule has 0 unspecified atom stereocenters. The second kappa shape index (κ2) is 5.75. The van der Waals surface area contributed by atoms with Gasteiger partial charge in [-0.25, -0.2) is 0 Å². The number of imide groups is 1. The van der Waals surface area contributed by atoms with E-state index in [1.165, 1.54) is 4.90 Å². The van der Waals surface area contributed by atoms with Crippen molar-refractivity contribution >= 4 is 17.7 Å². The molecule has 2 atom stereocenters. The molecule has 0 aromatic carbocycles. The second-order valence-electron chi connectivity index (χ2n) is 6.60. The maximum atomic E-state index is 12.3. The molecular weight excluding hydrogens is 270 g/mol. The van der Waals surface area contributed by atoms with Gasteiger partial charge in [-0.05, 0) is 32.7 Å². The minimum atomic E-state index is -0.111. The molecule has 6 nitrogen and oxygen atoms in total. The van der Waals surface area contributed by atoms with Crippen LogP contribution in [0.5, 0.6) is 0 Å². The Hall–Kier alpha value is -1.43. The topological polar surface area (TPSA) is 69.7 Å². The number of likely N-dealkylation sites (N-methyl/N-ethyl adjacent to an activating group) is 1. The second-order valence-corrected chi connectivity index (χ2v) is 6.60. The van der Waals surface area contributed by atoms with Gasteiger partial charge in [0.05, 0.1) is 25.0 Å². The van der Waals surface area contributed by atoms with Crippen molar-refractivity contribution in [2.24, 2.45) is 11.8 Å². The molecule has 1 aliphatic heterocycles. The zero-order valence-corrected chi connectivity index (χ0v) is 12.5. The van der Waals surface area contributed by atoms with Gasteiger partial charge in [-0.2, -0.15) is 0 Å². The van der Waals surface area contributed by atoms with Gasteiger partial charge in [0.2, 0.25) is 17.7 Å². The summed E-state index contributed by atoms with van der Waals surface area (Å²) >= 11 is 0. The molecule has 2 saturated carbocycles. The summed E-state index contributed by atoms with van der Waals surface area (Å²) < 4.78 is 0. The quantitative estimate of drug-likeness (QED) is 0.742. The zero-order valence-electron chi connectivity index (χ0n) is 12.5. The smallest absolute Gasteiger partial charge is 0.234 e. The maximum Gasteiger partial charge on any atom is 0.234 e. The number of rotatable bonds is 5. The Labute approximate surface area is 124 Å². The van der Waals surface area contributed by atoms with Crippen molar-refractivity contribution in [3.63, 3.8) is 0 Å². The molecule has 3 fully saturated rings. The van der Waals surface area contributed by atoms with E-state index in [1.807, 2.05) is 0 Å². The fourth-order valence-electron chi connectivity index (χ4n) is 3.41. The van der Waals surface area contributed by atoms with E-state index in [1.54, 1.807) is 11.9 Å². The molecule has 3 aliphatic rings. The fraction of sp³-hybridized carbons (Fsp3) is 0.800. The standard InChI is InChI=1S/C15H23N3O3/c1-17(8-13(19)16-10-6-7-10)9-18-14(20)11-4-2-3-5-12(11)15(18)21/h10-12H,2-9H2,1H3,(H,16,19)/t11-,12+. The molecule has 116 valence electrons. The van der Waals surface area contributed by atoms with Gasteiger partial charge >= 0.3 is 0 Å². The minimum absolute atomic E-state index is 0.0310. The molecule has 0 bridgehead atoms. The average molecular weight is 293 g/mol. The Morgan fingerprint density at radius 2 is 1.71 bits per heavy atom. The van der Waals surface area contributed by atoms with E-state index >= 15 is 0 Å². The first kappa shape index (κ1) is 14.5. The van der Waals surface area contributed by atoms with Crippen LogP contribution in [0, 0.1) is 11.8 Å². The summed E-state index contributed by atoms with van der Waals surface area (Å²) in [6.07, 6.45) is 5.85. The van der Waals surface area contributed by atoms with E-state index < -0.39 is 0 Å². The first-order valence-corrected chi connectivity index (χ1v) is 7.89. The molecule has 1 saturated heterocycles. The van der Waals surface area contributed by atoms with E-state index in [9.17, 15) is 14.4 Å². The Kier molecular flexibility index (Phi) is 3.97. The van der Waals surface area contributed by atoms with Crippen LogP contribution < -0.4 is 5.32 Å². The Bertz CT molecular complexity index is 437. The molecule has 1 heterocycles. The summed E-state index contributed by atoms with van der Waals surface area (Å²) in [5.74, 6) is -0.338. The van der Waals surface area contributed by atoms with E-state index in [0.29, 0.717) is 6.04 Å². The average Bonchev–Trinajstić information content (AvgIpc) is 3.23. The molecule has 21 heavy (non-hydrogen) atoms. The first-order valence-electron chi connectivity index (χ1n) is 7.89. The van der Waals surface area contributed by atoms with Crippen molar-refractivity contribution in [3.05, 3.63) is 0 Å². The highest BCUT2D eigenvalue weighted by atomic mass is 16.2. The van der Waals surface area contributed by atoms with Crippen LogP contribution >= 0.6 is 0 Å². The predicted molar refractivity (Wildman–Crippen MR) is 76.0 cm³/mol. The number of hydrogen-bond acceptors (Lipinski definition) is 4. The van der Waals surface area contributed by atoms with Gasteiger partial charge in [-0.3, -0.25) is 24.2 Å². The number of nitrogens with zero attached hydrogens (tertiary/aromatic N) is 2. The lowest BCUT2D eigenvalue weighted by Crippen LogP contribution is -2.44. The van der Waals surface area contributed by atoms with Gasteiger partial charge in [0.1, 0.15) is 0 Å². The molecule has 3 rings (SSSR count). The van der Waals surface area contributed by atoms with Crippen molar-refractivity contribution < 1.29 is 14.4 Å². The van der Waals surface area contributed by atoms with Crippen LogP contribution in [0.3, 0.4) is 0 Å². The fourth-order valence-corrected chi connectivity index (χ4v) is 3.41. The van der Waals surface area contributed by atoms with Gasteiger partial charge in [0, 0.05) is 6.04 Å². The summed E-state index contributed by atoms with van der Waals surface area (Å²) in [6.45, 7) is 0.450. The number of carbonyl (C=O) groups is 3. The van der Waals surface area contributed by atoms with E-state index in [-0.39, 0.29) is 42.8 Å². The highest BCUT2D eigenvalue weighted by molar-refractivity contribution is 6.05. The van der Waals surface area contributed by atoms with Crippen LogP contribution in [0.1, 0.15) is 38.5 Å². The molecular formula is C15H23N3O3. The normalized spacial score (nSPS) is 29.0. The SMILES string of the molecule is CN(CC(=O)NC1CC1)CN1C(=O)[C@H]2CCCC[C@H]2C1=O. The third kappa shape index (κ3) is 3.10. The number of fused-ring (bicyclic) bond motifs is 1. The highest BCUT2D eigenvalue weighted by Gasteiger charge is 2.48. The first-order chi connectivity index (χ1) is 10.1. The number of hydrogen-bond donors (Lipinski definition) is 1. The van der Waals surface area contributed by atoms with E-state index in [0.717, 1.165) is 38.5 Å². The number of carbonyl (C=O) groups excluding carboxylic acids is 3. The largest absolute Gasteiger partial charge is 0.352 e. The number of likely N-dealkylation sites (tertiary alicyclic amines) is 1. The molecule has 0 aromatic heterocycles. The predicted octanol–water partition coefficient (Wildman–Crippen LogP) is 0.329. The third-order valence-corrected chi connectivity index (χ3v) is 4.67. The highest BCUT2D eigenvalue weighted by Crippen LogP contribution is 2.37. The van der Waals surface area contributed by atoms with Gasteiger partial charge < -0.3 is 5.32 Å². The van der Waals surface area contributed by atoms with E-state index in [4.69, 9.17) is 0 Å². The molecule has 2 aliphatic carbocycles. The summed E-state index contributed by atoms with van der Waals surface area (Å²) in [7, 11) is 1.77. The van der Waals surface area contributed by atoms with Crippen LogP contribution in [0.4, 0.5) is 0 Å². The van der Waals surface area contributed by atoms with Crippen LogP contribution in [0.25, 0.3) is 0 Å². The van der Waals surface area contributed by atoms with Crippen molar-refractivity contribution in [1.82, 2.24) is 15.1 Å². The lowest BCUT2D eigenvalue weighted by atomic mass is 9.81. The van der Waals surface area contributed by atoms with Crippen molar-refractivity contribution in [3.8, 4) is 0 Å². The maximum absolute atomic E-state index is 12.3. The number of amides is 3. The third-order valence-electron chi connectivity index (χ3n) is 4.67. The summed E-state index contributed by atoms with van der Waals surface area (Å²) in [5, 5.41) is 2.91. The van der Waals surface area contributed by atoms with Crippen LogP contribution in [-0.4, -0.2) is 53.8 Å². The Morgan fingerprint density at radius 3 is 2.24 bits per heavy atom. The molecule has 0 aromatic rings. The summed E-state index contributed by atoms with van der Waals surface area (Å²) in [4.78, 5) is 39.5. The van der Waals surface area contributed by atoms with Crippen molar-refractivity contribution in [1.29, 1.82) is 0 Å². The molecule has 0 radical (unpaired) electrons. The minimum Gasteiger partial charge on any atom is -0.352 e. The Balaban J connectivity index is 1.54. The zero-order chi connectivity index (χ0) is 15.0. The van der Waals surface area contributed by atoms with Crippen LogP contribution in [0.2, 0.25) is 0 Å². The number of nitrogens with one attached hydrogen (secondary N) is 1. The van der Waals surface area contributed by atoms with Crippen LogP contribution in [0.15, 0.2) is 0 Å². The molecule has 0 spiro atoms. The van der Waals surface area contributed by atoms with Crippen LogP contribution in [-0.2, 0) is 14.4 Å².